The largest absolute Gasteiger partial charge is 0.303 e. The van der Waals surface area contributed by atoms with Crippen molar-refractivity contribution in [2.45, 2.75) is 26.2 Å². The number of aldehydes is 1. The Morgan fingerprint density at radius 3 is 2.71 bits per heavy atom. The zero-order valence-electron chi connectivity index (χ0n) is 9.85. The maximum Gasteiger partial charge on any atom is 0.120 e. The molecule has 0 unspecified atom stereocenters. The van der Waals surface area contributed by atoms with Crippen LogP contribution < -0.4 is 0 Å². The van der Waals surface area contributed by atoms with Crippen molar-refractivity contribution in [1.82, 2.24) is 4.98 Å². The summed E-state index contributed by atoms with van der Waals surface area (Å²) in [6.07, 6.45) is 3.31. The normalized spacial score (nSPS) is 10.4. The van der Waals surface area contributed by atoms with Crippen LogP contribution in [0.5, 0.6) is 0 Å². The molecular formula is C14H15NOS. The average molecular weight is 245 g/mol. The molecule has 0 bridgehead atoms. The lowest BCUT2D eigenvalue weighted by Crippen LogP contribution is -1.86. The summed E-state index contributed by atoms with van der Waals surface area (Å²) in [5, 5.41) is 3.09. The number of carbonyl (C=O) groups is 1. The van der Waals surface area contributed by atoms with E-state index in [4.69, 9.17) is 0 Å². The van der Waals surface area contributed by atoms with Crippen LogP contribution in [0.4, 0.5) is 0 Å². The minimum atomic E-state index is 0.557. The lowest BCUT2D eigenvalue weighted by Gasteiger charge is -1.99. The van der Waals surface area contributed by atoms with Gasteiger partial charge in [0.05, 0.1) is 10.7 Å². The number of hydrogen-bond donors (Lipinski definition) is 0. The Morgan fingerprint density at radius 1 is 1.29 bits per heavy atom. The number of benzene rings is 1. The Balaban J connectivity index is 2.15. The summed E-state index contributed by atoms with van der Waals surface area (Å²) < 4.78 is 0. The molecule has 0 atom stereocenters. The van der Waals surface area contributed by atoms with Gasteiger partial charge < -0.3 is 4.79 Å². The molecule has 2 rings (SSSR count). The highest BCUT2D eigenvalue weighted by atomic mass is 32.1. The van der Waals surface area contributed by atoms with Crippen LogP contribution in [-0.2, 0) is 17.6 Å². The maximum absolute atomic E-state index is 10.3. The number of aromatic nitrogens is 1. The molecule has 2 nitrogen and oxygen atoms in total. The standard InChI is InChI=1S/C14H15NOS/c1-2-11-5-7-12(8-6-11)13-10-17-14(15-13)4-3-9-16/h5-10H,2-4H2,1H3. The summed E-state index contributed by atoms with van der Waals surface area (Å²) in [6, 6.07) is 8.49. The van der Waals surface area contributed by atoms with Crippen molar-refractivity contribution in [3.63, 3.8) is 0 Å². The van der Waals surface area contributed by atoms with E-state index in [9.17, 15) is 4.79 Å². The lowest BCUT2D eigenvalue weighted by molar-refractivity contribution is -0.107. The number of aryl methyl sites for hydroxylation is 2. The second-order valence-corrected chi connectivity index (χ2v) is 4.82. The van der Waals surface area contributed by atoms with E-state index in [1.165, 1.54) is 5.56 Å². The van der Waals surface area contributed by atoms with Crippen molar-refractivity contribution in [3.8, 4) is 11.3 Å². The van der Waals surface area contributed by atoms with E-state index in [1.807, 2.05) is 0 Å². The Kier molecular flexibility index (Phi) is 4.04. The van der Waals surface area contributed by atoms with Gasteiger partial charge in [-0.2, -0.15) is 0 Å². The number of carbonyl (C=O) groups excluding carboxylic acids is 1. The molecule has 88 valence electrons. The van der Waals surface area contributed by atoms with E-state index in [0.29, 0.717) is 6.42 Å². The molecule has 1 aromatic heterocycles. The molecule has 0 fully saturated rings. The quantitative estimate of drug-likeness (QED) is 0.755. The molecule has 0 spiro atoms. The second-order valence-electron chi connectivity index (χ2n) is 3.88. The van der Waals surface area contributed by atoms with Gasteiger partial charge in [-0.15, -0.1) is 11.3 Å². The third-order valence-corrected chi connectivity index (χ3v) is 3.59. The molecule has 1 aromatic carbocycles. The Morgan fingerprint density at radius 2 is 2.06 bits per heavy atom. The number of thiazole rings is 1. The van der Waals surface area contributed by atoms with Crippen molar-refractivity contribution >= 4 is 17.6 Å². The first-order valence-electron chi connectivity index (χ1n) is 5.81. The van der Waals surface area contributed by atoms with E-state index >= 15 is 0 Å². The highest BCUT2D eigenvalue weighted by Crippen LogP contribution is 2.22. The molecule has 0 saturated carbocycles. The number of hydrogen-bond acceptors (Lipinski definition) is 3. The maximum atomic E-state index is 10.3. The lowest BCUT2D eigenvalue weighted by atomic mass is 10.1. The second kappa shape index (κ2) is 5.73. The summed E-state index contributed by atoms with van der Waals surface area (Å²) >= 11 is 1.62. The first-order chi connectivity index (χ1) is 8.33. The van der Waals surface area contributed by atoms with Crippen molar-refractivity contribution in [1.29, 1.82) is 0 Å². The van der Waals surface area contributed by atoms with Crippen molar-refractivity contribution in [2.24, 2.45) is 0 Å². The minimum absolute atomic E-state index is 0.557. The third kappa shape index (κ3) is 3.01. The summed E-state index contributed by atoms with van der Waals surface area (Å²) in [5.74, 6) is 0. The van der Waals surface area contributed by atoms with E-state index in [0.717, 1.165) is 35.4 Å². The van der Waals surface area contributed by atoms with E-state index in [-0.39, 0.29) is 0 Å². The topological polar surface area (TPSA) is 30.0 Å². The van der Waals surface area contributed by atoms with Gasteiger partial charge in [0, 0.05) is 23.8 Å². The van der Waals surface area contributed by atoms with Gasteiger partial charge in [-0.1, -0.05) is 31.2 Å². The Bertz CT molecular complexity index is 487. The molecule has 0 aliphatic heterocycles. The van der Waals surface area contributed by atoms with Crippen molar-refractivity contribution in [2.75, 3.05) is 0 Å². The summed E-state index contributed by atoms with van der Waals surface area (Å²) in [6.45, 7) is 2.15. The molecule has 0 aliphatic rings. The summed E-state index contributed by atoms with van der Waals surface area (Å²) in [7, 11) is 0. The highest BCUT2D eigenvalue weighted by molar-refractivity contribution is 7.09. The SMILES string of the molecule is CCc1ccc(-c2csc(CCC=O)n2)cc1. The van der Waals surface area contributed by atoms with Gasteiger partial charge in [0.1, 0.15) is 6.29 Å². The number of rotatable bonds is 5. The highest BCUT2D eigenvalue weighted by Gasteiger charge is 2.04. The Labute approximate surface area is 105 Å². The first-order valence-corrected chi connectivity index (χ1v) is 6.68. The smallest absolute Gasteiger partial charge is 0.120 e. The predicted molar refractivity (Wildman–Crippen MR) is 71.3 cm³/mol. The predicted octanol–water partition coefficient (Wildman–Crippen LogP) is 3.50. The molecule has 0 aliphatic carbocycles. The van der Waals surface area contributed by atoms with Crippen molar-refractivity contribution in [3.05, 3.63) is 40.2 Å². The fourth-order valence-corrected chi connectivity index (χ4v) is 2.48. The van der Waals surface area contributed by atoms with Gasteiger partial charge in [0.2, 0.25) is 0 Å². The minimum Gasteiger partial charge on any atom is -0.303 e. The monoisotopic (exact) mass is 245 g/mol. The van der Waals surface area contributed by atoms with Crippen LogP contribution in [0, 0.1) is 0 Å². The fourth-order valence-electron chi connectivity index (χ4n) is 1.65. The van der Waals surface area contributed by atoms with E-state index in [1.54, 1.807) is 11.3 Å². The first kappa shape index (κ1) is 12.0. The van der Waals surface area contributed by atoms with Gasteiger partial charge in [-0.3, -0.25) is 0 Å². The van der Waals surface area contributed by atoms with Crippen molar-refractivity contribution < 1.29 is 4.79 Å². The molecule has 1 heterocycles. The third-order valence-electron chi connectivity index (χ3n) is 2.69. The van der Waals surface area contributed by atoms with Crippen LogP contribution >= 0.6 is 11.3 Å². The molecule has 3 heteroatoms. The molecule has 0 radical (unpaired) electrons. The zero-order chi connectivity index (χ0) is 12.1. The van der Waals surface area contributed by atoms with Gasteiger partial charge in [-0.05, 0) is 12.0 Å². The van der Waals surface area contributed by atoms with Crippen LogP contribution in [-0.4, -0.2) is 11.3 Å². The van der Waals surface area contributed by atoms with Gasteiger partial charge in [-0.25, -0.2) is 4.98 Å². The molecule has 17 heavy (non-hydrogen) atoms. The molecule has 0 amide bonds. The average Bonchev–Trinajstić information content (AvgIpc) is 2.85. The molecular weight excluding hydrogens is 230 g/mol. The molecule has 0 saturated heterocycles. The molecule has 0 N–H and O–H groups in total. The van der Waals surface area contributed by atoms with E-state index in [2.05, 4.69) is 41.6 Å². The van der Waals surface area contributed by atoms with Gasteiger partial charge in [0.15, 0.2) is 0 Å². The molecule has 2 aromatic rings. The summed E-state index contributed by atoms with van der Waals surface area (Å²) in [4.78, 5) is 14.8. The van der Waals surface area contributed by atoms with Crippen LogP contribution in [0.3, 0.4) is 0 Å². The fraction of sp³-hybridized carbons (Fsp3) is 0.286. The van der Waals surface area contributed by atoms with E-state index < -0.39 is 0 Å². The van der Waals surface area contributed by atoms with Crippen LogP contribution in [0.25, 0.3) is 11.3 Å². The van der Waals surface area contributed by atoms with Crippen LogP contribution in [0.2, 0.25) is 0 Å². The summed E-state index contributed by atoms with van der Waals surface area (Å²) in [5.41, 5.74) is 3.50. The zero-order valence-corrected chi connectivity index (χ0v) is 10.7. The van der Waals surface area contributed by atoms with Gasteiger partial charge in [0.25, 0.3) is 0 Å². The van der Waals surface area contributed by atoms with Crippen LogP contribution in [0.15, 0.2) is 29.6 Å². The van der Waals surface area contributed by atoms with Crippen LogP contribution in [0.1, 0.15) is 23.9 Å². The Hall–Kier alpha value is -1.48. The number of nitrogens with zero attached hydrogens (tertiary/aromatic N) is 1. The van der Waals surface area contributed by atoms with Gasteiger partial charge >= 0.3 is 0 Å².